The molecule has 2 unspecified atom stereocenters. The third-order valence-electron chi connectivity index (χ3n) is 10.5. The summed E-state index contributed by atoms with van der Waals surface area (Å²) in [7, 11) is -4.14. The quantitative estimate of drug-likeness (QED) is 0.107. The van der Waals surface area contributed by atoms with Gasteiger partial charge in [0.15, 0.2) is 16.6 Å². The number of allylic oxidation sites excluding steroid dienone is 3. The van der Waals surface area contributed by atoms with Gasteiger partial charge in [-0.1, -0.05) is 108 Å². The molecule has 0 N–H and O–H groups in total. The standard InChI is InChI=1S/C42H59NO4Si2/c1-13-15-17-23-34-29-33-28-32-25-26-35(36(47-49(11,12)42(6,7)8)24-20-27-46-48(9,10)41(3,4)5)37(32)39(38(33)40(43-34)44-14-2)45-30-31-21-18-16-19-22-31/h13,15-19,21-23,28-29,35-36H,14,25-27,30H2,1-12H3/b15-13+,23-17+. The maximum absolute atomic E-state index is 7.23. The van der Waals surface area contributed by atoms with E-state index in [0.29, 0.717) is 25.7 Å². The molecule has 0 saturated heterocycles. The Labute approximate surface area is 298 Å². The molecule has 0 spiro atoms. The summed E-state index contributed by atoms with van der Waals surface area (Å²) in [5.74, 6) is 8.52. The normalized spacial score (nSPS) is 16.2. The molecule has 0 amide bonds. The number of ether oxygens (including phenoxy) is 2. The summed E-state index contributed by atoms with van der Waals surface area (Å²) in [6.45, 7) is 28.2. The molecule has 0 saturated carbocycles. The number of nitrogens with zero attached hydrogens (tertiary/aromatic N) is 1. The second-order valence-corrected chi connectivity index (χ2v) is 25.7. The van der Waals surface area contributed by atoms with Gasteiger partial charge in [0, 0.05) is 11.5 Å². The summed E-state index contributed by atoms with van der Waals surface area (Å²) < 4.78 is 26.9. The van der Waals surface area contributed by atoms with E-state index in [1.807, 2.05) is 44.2 Å². The van der Waals surface area contributed by atoms with Crippen molar-refractivity contribution >= 4 is 33.5 Å². The topological polar surface area (TPSA) is 49.8 Å². The lowest BCUT2D eigenvalue weighted by atomic mass is 9.92. The van der Waals surface area contributed by atoms with Gasteiger partial charge in [0.25, 0.3) is 0 Å². The van der Waals surface area contributed by atoms with Crippen LogP contribution in [0.3, 0.4) is 0 Å². The highest BCUT2D eigenvalue weighted by Gasteiger charge is 2.43. The van der Waals surface area contributed by atoms with E-state index >= 15 is 0 Å². The van der Waals surface area contributed by atoms with Crippen LogP contribution in [0, 0.1) is 11.8 Å². The molecule has 1 aliphatic carbocycles. The Morgan fingerprint density at radius 3 is 2.27 bits per heavy atom. The van der Waals surface area contributed by atoms with Gasteiger partial charge in [0.05, 0.1) is 24.3 Å². The zero-order valence-electron chi connectivity index (χ0n) is 32.1. The summed E-state index contributed by atoms with van der Waals surface area (Å²) in [6, 6.07) is 14.8. The number of aryl methyl sites for hydroxylation is 1. The second kappa shape index (κ2) is 15.8. The summed E-state index contributed by atoms with van der Waals surface area (Å²) in [5.41, 5.74) is 4.41. The van der Waals surface area contributed by atoms with Crippen LogP contribution in [0.25, 0.3) is 16.8 Å². The minimum atomic E-state index is -2.20. The van der Waals surface area contributed by atoms with Crippen LogP contribution in [0.5, 0.6) is 11.6 Å². The molecule has 3 aromatic rings. The molecular weight excluding hydrogens is 639 g/mol. The molecule has 1 aliphatic rings. The molecule has 4 rings (SSSR count). The third-order valence-corrected chi connectivity index (χ3v) is 19.4. The van der Waals surface area contributed by atoms with Gasteiger partial charge in [-0.25, -0.2) is 4.98 Å². The van der Waals surface area contributed by atoms with Crippen molar-refractivity contribution in [3.05, 3.63) is 83.1 Å². The van der Waals surface area contributed by atoms with E-state index in [4.69, 9.17) is 23.3 Å². The van der Waals surface area contributed by atoms with E-state index in [-0.39, 0.29) is 22.1 Å². The monoisotopic (exact) mass is 697 g/mol. The Kier molecular flexibility index (Phi) is 12.5. The van der Waals surface area contributed by atoms with Crippen molar-refractivity contribution in [2.45, 2.75) is 123 Å². The Balaban J connectivity index is 1.89. The van der Waals surface area contributed by atoms with E-state index in [2.05, 4.69) is 116 Å². The number of hydrogen-bond donors (Lipinski definition) is 0. The van der Waals surface area contributed by atoms with Crippen LogP contribution < -0.4 is 9.47 Å². The molecule has 0 aliphatic heterocycles. The lowest BCUT2D eigenvalue weighted by Crippen LogP contribution is -2.45. The predicted octanol–water partition coefficient (Wildman–Crippen LogP) is 11.2. The molecule has 0 bridgehead atoms. The maximum atomic E-state index is 7.23. The molecular formula is C42H59NO4Si2. The first-order chi connectivity index (χ1) is 23.0. The van der Waals surface area contributed by atoms with Crippen molar-refractivity contribution in [3.8, 4) is 23.5 Å². The van der Waals surface area contributed by atoms with Crippen LogP contribution in [0.1, 0.15) is 90.1 Å². The number of benzene rings is 2. The molecule has 49 heavy (non-hydrogen) atoms. The van der Waals surface area contributed by atoms with E-state index in [1.54, 1.807) is 0 Å². The highest BCUT2D eigenvalue weighted by molar-refractivity contribution is 6.74. The van der Waals surface area contributed by atoms with E-state index in [0.717, 1.165) is 40.6 Å². The average Bonchev–Trinajstić information content (AvgIpc) is 3.44. The minimum absolute atomic E-state index is 0.0309. The van der Waals surface area contributed by atoms with E-state index < -0.39 is 16.6 Å². The number of pyridine rings is 1. The van der Waals surface area contributed by atoms with E-state index in [1.165, 1.54) is 11.1 Å². The zero-order chi connectivity index (χ0) is 36.0. The second-order valence-electron chi connectivity index (χ2n) is 16.1. The number of hydrogen-bond acceptors (Lipinski definition) is 5. The zero-order valence-corrected chi connectivity index (χ0v) is 34.1. The number of aromatic nitrogens is 1. The van der Waals surface area contributed by atoms with Crippen molar-refractivity contribution in [1.82, 2.24) is 4.98 Å². The predicted molar refractivity (Wildman–Crippen MR) is 212 cm³/mol. The van der Waals surface area contributed by atoms with Crippen LogP contribution in [0.15, 0.2) is 60.7 Å². The van der Waals surface area contributed by atoms with Crippen LogP contribution in [0.4, 0.5) is 0 Å². The molecule has 7 heteroatoms. The first kappa shape index (κ1) is 38.6. The smallest absolute Gasteiger partial charge is 0.225 e. The summed E-state index contributed by atoms with van der Waals surface area (Å²) in [5, 5.41) is 2.13. The average molecular weight is 698 g/mol. The van der Waals surface area contributed by atoms with Crippen LogP contribution in [-0.4, -0.2) is 40.9 Å². The van der Waals surface area contributed by atoms with Gasteiger partial charge in [-0.3, -0.25) is 0 Å². The van der Waals surface area contributed by atoms with Gasteiger partial charge in [0.1, 0.15) is 18.5 Å². The first-order valence-electron chi connectivity index (χ1n) is 17.9. The Morgan fingerprint density at radius 2 is 1.63 bits per heavy atom. The number of rotatable bonds is 12. The Morgan fingerprint density at radius 1 is 0.939 bits per heavy atom. The van der Waals surface area contributed by atoms with Gasteiger partial charge < -0.3 is 18.3 Å². The minimum Gasteiger partial charge on any atom is -0.488 e. The van der Waals surface area contributed by atoms with Gasteiger partial charge in [-0.2, -0.15) is 0 Å². The van der Waals surface area contributed by atoms with Crippen LogP contribution >= 0.6 is 0 Å². The number of fused-ring (bicyclic) bond motifs is 2. The largest absolute Gasteiger partial charge is 0.488 e. The fraction of sp³-hybridized carbons (Fsp3) is 0.500. The maximum Gasteiger partial charge on any atom is 0.225 e. The van der Waals surface area contributed by atoms with Gasteiger partial charge in [-0.05, 0) is 91.6 Å². The van der Waals surface area contributed by atoms with Crippen molar-refractivity contribution in [3.63, 3.8) is 0 Å². The van der Waals surface area contributed by atoms with E-state index in [9.17, 15) is 0 Å². The lowest BCUT2D eigenvalue weighted by Gasteiger charge is -2.39. The highest BCUT2D eigenvalue weighted by Crippen LogP contribution is 2.50. The summed E-state index contributed by atoms with van der Waals surface area (Å²) in [6.07, 6.45) is 9.60. The van der Waals surface area contributed by atoms with Crippen molar-refractivity contribution in [1.29, 1.82) is 0 Å². The van der Waals surface area contributed by atoms with Crippen molar-refractivity contribution < 1.29 is 18.3 Å². The van der Waals surface area contributed by atoms with Crippen molar-refractivity contribution in [2.75, 3.05) is 13.2 Å². The molecule has 2 atom stereocenters. The molecule has 5 nitrogen and oxygen atoms in total. The van der Waals surface area contributed by atoms with Gasteiger partial charge in [-0.15, -0.1) is 0 Å². The summed E-state index contributed by atoms with van der Waals surface area (Å²) in [4.78, 5) is 4.98. The summed E-state index contributed by atoms with van der Waals surface area (Å²) >= 11 is 0. The van der Waals surface area contributed by atoms with Gasteiger partial charge in [0.2, 0.25) is 5.88 Å². The molecule has 1 aromatic heterocycles. The molecule has 2 aromatic carbocycles. The van der Waals surface area contributed by atoms with Crippen molar-refractivity contribution in [2.24, 2.45) is 0 Å². The van der Waals surface area contributed by atoms with Gasteiger partial charge >= 0.3 is 0 Å². The highest BCUT2D eigenvalue weighted by atomic mass is 28.4. The Hall–Kier alpha value is -3.16. The van der Waals surface area contributed by atoms with Crippen LogP contribution in [-0.2, 0) is 21.9 Å². The molecule has 0 radical (unpaired) electrons. The SMILES string of the molecule is C/C=C/C=C/c1cc2cc3c(c(OCc4ccccc4)c2c(OCC)n1)C(C(C#CCO[Si](C)(C)C(C)(C)C)O[Si](C)(C)C(C)(C)C)CC3. The fourth-order valence-corrected chi connectivity index (χ4v) is 7.65. The molecule has 0 fully saturated rings. The fourth-order valence-electron chi connectivity index (χ4n) is 5.57. The molecule has 1 heterocycles. The van der Waals surface area contributed by atoms with Crippen LogP contribution in [0.2, 0.25) is 36.3 Å². The lowest BCUT2D eigenvalue weighted by molar-refractivity contribution is 0.199. The Bertz CT molecular complexity index is 1700. The third kappa shape index (κ3) is 9.35. The molecule has 264 valence electrons. The first-order valence-corrected chi connectivity index (χ1v) is 23.7.